The second-order valence-electron chi connectivity index (χ2n) is 0.886. The minimum atomic E-state index is -0.511. The number of rotatable bonds is 2. The second-order valence-corrected chi connectivity index (χ2v) is 1.40. The van der Waals surface area contributed by atoms with Crippen molar-refractivity contribution < 1.29 is 9.53 Å². The molecule has 0 rings (SSSR count). The van der Waals surface area contributed by atoms with Gasteiger partial charge in [0.1, 0.15) is 12.1 Å². The number of halogens is 2. The number of carbonyl (C=O) groups is 1. The standard InChI is InChI=1S/C4H4Cl2O2/c5-1-2-8-4(7)3-6/h1-2H,3H2. The van der Waals surface area contributed by atoms with Gasteiger partial charge in [0.05, 0.1) is 0 Å². The molecule has 0 aliphatic heterocycles. The molecule has 0 radical (unpaired) electrons. The fraction of sp³-hybridized carbons (Fsp3) is 0.250. The topological polar surface area (TPSA) is 26.3 Å². The van der Waals surface area contributed by atoms with Gasteiger partial charge in [0.2, 0.25) is 0 Å². The molecule has 0 amide bonds. The zero-order valence-electron chi connectivity index (χ0n) is 3.93. The van der Waals surface area contributed by atoms with Crippen LogP contribution in [-0.4, -0.2) is 11.8 Å². The van der Waals surface area contributed by atoms with Gasteiger partial charge in [-0.25, -0.2) is 0 Å². The van der Waals surface area contributed by atoms with Gasteiger partial charge in [0.25, 0.3) is 0 Å². The molecule has 0 unspecified atom stereocenters. The van der Waals surface area contributed by atoms with E-state index in [-0.39, 0.29) is 5.88 Å². The van der Waals surface area contributed by atoms with Crippen molar-refractivity contribution in [3.8, 4) is 0 Å². The zero-order valence-corrected chi connectivity index (χ0v) is 5.45. The van der Waals surface area contributed by atoms with Crippen LogP contribution < -0.4 is 0 Å². The van der Waals surface area contributed by atoms with E-state index >= 15 is 0 Å². The van der Waals surface area contributed by atoms with Crippen LogP contribution in [-0.2, 0) is 9.53 Å². The van der Waals surface area contributed by atoms with Crippen LogP contribution in [0.15, 0.2) is 11.8 Å². The Kier molecular flexibility index (Phi) is 4.81. The van der Waals surface area contributed by atoms with Gasteiger partial charge in [0.15, 0.2) is 0 Å². The van der Waals surface area contributed by atoms with E-state index in [0.29, 0.717) is 0 Å². The Morgan fingerprint density at radius 3 is 2.75 bits per heavy atom. The number of esters is 1. The van der Waals surface area contributed by atoms with Crippen molar-refractivity contribution in [3.05, 3.63) is 11.8 Å². The number of carbonyl (C=O) groups excluding carboxylic acids is 1. The molecule has 0 aromatic rings. The van der Waals surface area contributed by atoms with Crippen LogP contribution in [0, 0.1) is 0 Å². The molecule has 0 heterocycles. The van der Waals surface area contributed by atoms with Crippen molar-refractivity contribution in [1.29, 1.82) is 0 Å². The van der Waals surface area contributed by atoms with Gasteiger partial charge in [-0.3, -0.25) is 4.79 Å². The van der Waals surface area contributed by atoms with E-state index in [0.717, 1.165) is 11.8 Å². The first-order chi connectivity index (χ1) is 3.81. The van der Waals surface area contributed by atoms with Gasteiger partial charge >= 0.3 is 5.97 Å². The molecule has 8 heavy (non-hydrogen) atoms. The highest BCUT2D eigenvalue weighted by Gasteiger charge is 1.92. The van der Waals surface area contributed by atoms with Crippen molar-refractivity contribution in [2.24, 2.45) is 0 Å². The highest BCUT2D eigenvalue weighted by Crippen LogP contribution is 1.85. The van der Waals surface area contributed by atoms with Gasteiger partial charge in [-0.1, -0.05) is 11.6 Å². The summed E-state index contributed by atoms with van der Waals surface area (Å²) in [6.45, 7) is 0. The summed E-state index contributed by atoms with van der Waals surface area (Å²) in [5, 5.41) is 0. The smallest absolute Gasteiger partial charge is 0.325 e. The fourth-order valence-electron chi connectivity index (χ4n) is 0.133. The number of hydrogen-bond acceptors (Lipinski definition) is 2. The lowest BCUT2D eigenvalue weighted by Crippen LogP contribution is -1.98. The first-order valence-corrected chi connectivity index (χ1v) is 2.79. The van der Waals surface area contributed by atoms with Gasteiger partial charge in [-0.15, -0.1) is 11.6 Å². The van der Waals surface area contributed by atoms with E-state index in [4.69, 9.17) is 23.2 Å². The molecular weight excluding hydrogens is 151 g/mol. The maximum atomic E-state index is 10.1. The van der Waals surface area contributed by atoms with E-state index in [1.807, 2.05) is 0 Å². The molecule has 0 saturated heterocycles. The monoisotopic (exact) mass is 154 g/mol. The largest absolute Gasteiger partial charge is 0.433 e. The molecule has 0 aromatic heterocycles. The first-order valence-electron chi connectivity index (χ1n) is 1.82. The van der Waals surface area contributed by atoms with Gasteiger partial charge < -0.3 is 4.74 Å². The van der Waals surface area contributed by atoms with E-state index in [1.54, 1.807) is 0 Å². The normalized spacial score (nSPS) is 9.75. The lowest BCUT2D eigenvalue weighted by atomic mass is 10.8. The van der Waals surface area contributed by atoms with Gasteiger partial charge in [-0.2, -0.15) is 0 Å². The summed E-state index contributed by atoms with van der Waals surface area (Å²) < 4.78 is 4.26. The fourth-order valence-corrected chi connectivity index (χ4v) is 0.248. The predicted octanol–water partition coefficient (Wildman–Crippen LogP) is 1.48. The van der Waals surface area contributed by atoms with E-state index < -0.39 is 5.97 Å². The summed E-state index contributed by atoms with van der Waals surface area (Å²) in [4.78, 5) is 10.1. The molecule has 0 spiro atoms. The average Bonchev–Trinajstić information content (AvgIpc) is 1.83. The van der Waals surface area contributed by atoms with Crippen LogP contribution >= 0.6 is 23.2 Å². The number of alkyl halides is 1. The van der Waals surface area contributed by atoms with Crippen LogP contribution in [0.1, 0.15) is 0 Å². The highest BCUT2D eigenvalue weighted by molar-refractivity contribution is 6.26. The first kappa shape index (κ1) is 7.79. The Balaban J connectivity index is 3.25. The molecule has 0 saturated carbocycles. The lowest BCUT2D eigenvalue weighted by molar-refractivity contribution is -0.135. The molecule has 0 N–H and O–H groups in total. The van der Waals surface area contributed by atoms with Gasteiger partial charge in [0, 0.05) is 5.54 Å². The number of ether oxygens (including phenoxy) is 1. The van der Waals surface area contributed by atoms with E-state index in [9.17, 15) is 4.79 Å². The van der Waals surface area contributed by atoms with Crippen LogP contribution in [0.5, 0.6) is 0 Å². The third-order valence-corrected chi connectivity index (χ3v) is 0.681. The summed E-state index contributed by atoms with van der Waals surface area (Å²) in [6.07, 6.45) is 1.06. The summed E-state index contributed by atoms with van der Waals surface area (Å²) in [7, 11) is 0. The Hall–Kier alpha value is -0.210. The lowest BCUT2D eigenvalue weighted by Gasteiger charge is -1.88. The van der Waals surface area contributed by atoms with Crippen LogP contribution in [0.4, 0.5) is 0 Å². The quantitative estimate of drug-likeness (QED) is 0.343. The molecule has 46 valence electrons. The van der Waals surface area contributed by atoms with Crippen molar-refractivity contribution in [1.82, 2.24) is 0 Å². The SMILES string of the molecule is O=C(CCl)OC=CCl. The minimum absolute atomic E-state index is 0.152. The molecule has 0 aromatic carbocycles. The molecule has 0 aliphatic carbocycles. The average molecular weight is 155 g/mol. The Morgan fingerprint density at radius 2 is 2.38 bits per heavy atom. The minimum Gasteiger partial charge on any atom is -0.433 e. The molecular formula is C4H4Cl2O2. The van der Waals surface area contributed by atoms with E-state index in [2.05, 4.69) is 4.74 Å². The number of hydrogen-bond donors (Lipinski definition) is 0. The summed E-state index contributed by atoms with van der Waals surface area (Å²) in [5.74, 6) is -0.662. The molecule has 0 atom stereocenters. The van der Waals surface area contributed by atoms with Gasteiger partial charge in [-0.05, 0) is 0 Å². The molecule has 0 fully saturated rings. The molecule has 0 aliphatic rings. The van der Waals surface area contributed by atoms with Crippen molar-refractivity contribution in [3.63, 3.8) is 0 Å². The van der Waals surface area contributed by atoms with E-state index in [1.165, 1.54) is 0 Å². The molecule has 0 bridgehead atoms. The Labute approximate surface area is 57.0 Å². The third kappa shape index (κ3) is 3.96. The van der Waals surface area contributed by atoms with Crippen molar-refractivity contribution >= 4 is 29.2 Å². The van der Waals surface area contributed by atoms with Crippen LogP contribution in [0.3, 0.4) is 0 Å². The zero-order chi connectivity index (χ0) is 6.41. The third-order valence-electron chi connectivity index (χ3n) is 0.360. The molecule has 4 heteroatoms. The van der Waals surface area contributed by atoms with Crippen LogP contribution in [0.25, 0.3) is 0 Å². The maximum absolute atomic E-state index is 10.1. The van der Waals surface area contributed by atoms with Crippen molar-refractivity contribution in [2.75, 3.05) is 5.88 Å². The van der Waals surface area contributed by atoms with Crippen LogP contribution in [0.2, 0.25) is 0 Å². The maximum Gasteiger partial charge on any atom is 0.325 e. The Morgan fingerprint density at radius 1 is 1.75 bits per heavy atom. The van der Waals surface area contributed by atoms with Crippen molar-refractivity contribution in [2.45, 2.75) is 0 Å². The Bertz CT molecular complexity index is 100. The summed E-state index contributed by atoms with van der Waals surface area (Å²) >= 11 is 10.0. The summed E-state index contributed by atoms with van der Waals surface area (Å²) in [6, 6.07) is 0. The highest BCUT2D eigenvalue weighted by atomic mass is 35.5. The second kappa shape index (κ2) is 4.94. The predicted molar refractivity (Wildman–Crippen MR) is 31.8 cm³/mol. The molecule has 2 nitrogen and oxygen atoms in total. The summed E-state index contributed by atoms with van der Waals surface area (Å²) in [5.41, 5.74) is 1.09.